The number of nitrogens with one attached hydrogen (secondary N) is 1. The highest BCUT2D eigenvalue weighted by Crippen LogP contribution is 2.26. The topological polar surface area (TPSA) is 69.7 Å². The molecule has 0 unspecified atom stereocenters. The Kier molecular flexibility index (Phi) is 6.90. The van der Waals surface area contributed by atoms with Gasteiger partial charge >= 0.3 is 0 Å². The predicted molar refractivity (Wildman–Crippen MR) is 128 cm³/mol. The lowest BCUT2D eigenvalue weighted by Crippen LogP contribution is -2.48. The molecule has 0 aliphatic carbocycles. The maximum Gasteiger partial charge on any atom is 0.255 e. The Balaban J connectivity index is 1.41. The highest BCUT2D eigenvalue weighted by Gasteiger charge is 2.29. The number of halogens is 3. The molecule has 1 fully saturated rings. The number of hydrogen-bond acceptors (Lipinski definition) is 4. The molecule has 4 rings (SSSR count). The van der Waals surface area contributed by atoms with Crippen LogP contribution in [0.1, 0.15) is 10.4 Å². The van der Waals surface area contributed by atoms with Gasteiger partial charge in [-0.1, -0.05) is 29.3 Å². The molecule has 1 aliphatic rings. The van der Waals surface area contributed by atoms with Gasteiger partial charge in [-0.15, -0.1) is 0 Å². The van der Waals surface area contributed by atoms with Crippen molar-refractivity contribution in [3.8, 4) is 0 Å². The summed E-state index contributed by atoms with van der Waals surface area (Å²) in [5.74, 6) is -0.904. The van der Waals surface area contributed by atoms with Gasteiger partial charge in [-0.25, -0.2) is 12.8 Å². The highest BCUT2D eigenvalue weighted by atomic mass is 35.5. The summed E-state index contributed by atoms with van der Waals surface area (Å²) in [4.78, 5) is 14.3. The number of benzene rings is 3. The molecular weight excluding hydrogens is 488 g/mol. The minimum atomic E-state index is -3.65. The van der Waals surface area contributed by atoms with E-state index in [0.717, 1.165) is 0 Å². The maximum atomic E-state index is 14.8. The number of carbonyl (C=O) groups is 1. The smallest absolute Gasteiger partial charge is 0.255 e. The summed E-state index contributed by atoms with van der Waals surface area (Å²) in [5, 5.41) is 3.54. The van der Waals surface area contributed by atoms with Crippen molar-refractivity contribution < 1.29 is 17.6 Å². The fraction of sp³-hybridized carbons (Fsp3) is 0.174. The second-order valence-electron chi connectivity index (χ2n) is 7.48. The summed E-state index contributed by atoms with van der Waals surface area (Å²) < 4.78 is 41.9. The molecule has 1 N–H and O–H groups in total. The molecule has 1 saturated heterocycles. The number of piperazine rings is 1. The Morgan fingerprint density at radius 1 is 0.879 bits per heavy atom. The highest BCUT2D eigenvalue weighted by molar-refractivity contribution is 7.89. The molecule has 1 heterocycles. The average Bonchev–Trinajstić information content (AvgIpc) is 2.79. The first-order valence-electron chi connectivity index (χ1n) is 10.1. The molecule has 0 spiro atoms. The lowest BCUT2D eigenvalue weighted by Gasteiger charge is -2.35. The standard InChI is InChI=1S/C23H20Cl2FN3O3S/c24-17-4-7-20(8-5-17)33(31,32)29-12-10-28(11-13-29)22-9-6-19(15-21(22)26)27-23(30)16-2-1-3-18(25)14-16/h1-9,14-15H,10-13H2,(H,27,30). The molecule has 3 aromatic rings. The normalized spacial score (nSPS) is 14.8. The summed E-state index contributed by atoms with van der Waals surface area (Å²) >= 11 is 11.8. The number of carbonyl (C=O) groups excluding carboxylic acids is 1. The third-order valence-corrected chi connectivity index (χ3v) is 7.72. The summed E-state index contributed by atoms with van der Waals surface area (Å²) in [6.07, 6.45) is 0. The van der Waals surface area contributed by atoms with Gasteiger partial charge in [0.05, 0.1) is 10.6 Å². The van der Waals surface area contributed by atoms with Crippen LogP contribution in [0.2, 0.25) is 10.0 Å². The van der Waals surface area contributed by atoms with E-state index in [1.807, 2.05) is 0 Å². The second-order valence-corrected chi connectivity index (χ2v) is 10.3. The lowest BCUT2D eigenvalue weighted by atomic mass is 10.2. The van der Waals surface area contributed by atoms with E-state index in [2.05, 4.69) is 5.32 Å². The van der Waals surface area contributed by atoms with Crippen LogP contribution >= 0.6 is 23.2 Å². The SMILES string of the molecule is O=C(Nc1ccc(N2CCN(S(=O)(=O)c3ccc(Cl)cc3)CC2)c(F)c1)c1cccc(Cl)c1. The van der Waals surface area contributed by atoms with Gasteiger partial charge in [0.1, 0.15) is 5.82 Å². The molecule has 33 heavy (non-hydrogen) atoms. The zero-order valence-electron chi connectivity index (χ0n) is 17.3. The van der Waals surface area contributed by atoms with Crippen molar-refractivity contribution in [2.75, 3.05) is 36.4 Å². The van der Waals surface area contributed by atoms with E-state index < -0.39 is 21.7 Å². The Morgan fingerprint density at radius 2 is 1.58 bits per heavy atom. The van der Waals surface area contributed by atoms with Gasteiger partial charge in [0.2, 0.25) is 10.0 Å². The van der Waals surface area contributed by atoms with E-state index in [4.69, 9.17) is 23.2 Å². The van der Waals surface area contributed by atoms with E-state index in [1.165, 1.54) is 40.7 Å². The lowest BCUT2D eigenvalue weighted by molar-refractivity contribution is 0.102. The van der Waals surface area contributed by atoms with Crippen LogP contribution < -0.4 is 10.2 Å². The molecule has 3 aromatic carbocycles. The number of rotatable bonds is 5. The van der Waals surface area contributed by atoms with Crippen molar-refractivity contribution >= 4 is 50.5 Å². The quantitative estimate of drug-likeness (QED) is 0.533. The van der Waals surface area contributed by atoms with Crippen LogP contribution in [0.15, 0.2) is 71.6 Å². The molecule has 10 heteroatoms. The van der Waals surface area contributed by atoms with Crippen LogP contribution in [0.4, 0.5) is 15.8 Å². The monoisotopic (exact) mass is 507 g/mol. The predicted octanol–water partition coefficient (Wildman–Crippen LogP) is 4.90. The van der Waals surface area contributed by atoms with Crippen LogP contribution in [0.25, 0.3) is 0 Å². The first-order chi connectivity index (χ1) is 15.7. The Labute approximate surface area is 201 Å². The number of anilines is 2. The third kappa shape index (κ3) is 5.30. The van der Waals surface area contributed by atoms with Gasteiger partial charge in [-0.3, -0.25) is 4.79 Å². The molecular formula is C23H20Cl2FN3O3S. The van der Waals surface area contributed by atoms with Crippen LogP contribution in [0, 0.1) is 5.82 Å². The summed E-state index contributed by atoms with van der Waals surface area (Å²) in [5.41, 5.74) is 1.02. The third-order valence-electron chi connectivity index (χ3n) is 5.32. The fourth-order valence-corrected chi connectivity index (χ4v) is 5.34. The van der Waals surface area contributed by atoms with E-state index in [1.54, 1.807) is 35.2 Å². The molecule has 1 amide bonds. The van der Waals surface area contributed by atoms with Crippen molar-refractivity contribution in [2.24, 2.45) is 0 Å². The maximum absolute atomic E-state index is 14.8. The molecule has 6 nitrogen and oxygen atoms in total. The zero-order valence-corrected chi connectivity index (χ0v) is 19.7. The van der Waals surface area contributed by atoms with Crippen LogP contribution in [-0.2, 0) is 10.0 Å². The minimum absolute atomic E-state index is 0.173. The number of hydrogen-bond donors (Lipinski definition) is 1. The van der Waals surface area contributed by atoms with E-state index in [0.29, 0.717) is 40.1 Å². The van der Waals surface area contributed by atoms with Crippen LogP contribution in [0.5, 0.6) is 0 Å². The first kappa shape index (κ1) is 23.5. The van der Waals surface area contributed by atoms with E-state index >= 15 is 0 Å². The molecule has 0 saturated carbocycles. The largest absolute Gasteiger partial charge is 0.367 e. The second kappa shape index (κ2) is 9.69. The summed E-state index contributed by atoms with van der Waals surface area (Å²) in [6.45, 7) is 1.10. The van der Waals surface area contributed by atoms with Crippen molar-refractivity contribution in [1.29, 1.82) is 0 Å². The summed E-state index contributed by atoms with van der Waals surface area (Å²) in [6, 6.07) is 16.9. The molecule has 0 bridgehead atoms. The molecule has 0 aromatic heterocycles. The van der Waals surface area contributed by atoms with Crippen molar-refractivity contribution in [1.82, 2.24) is 4.31 Å². The van der Waals surface area contributed by atoms with Crippen molar-refractivity contribution in [3.63, 3.8) is 0 Å². The van der Waals surface area contributed by atoms with Gasteiger partial charge in [0.15, 0.2) is 0 Å². The van der Waals surface area contributed by atoms with Crippen LogP contribution in [0.3, 0.4) is 0 Å². The molecule has 0 radical (unpaired) electrons. The van der Waals surface area contributed by atoms with Gasteiger partial charge < -0.3 is 10.2 Å². The number of nitrogens with zero attached hydrogens (tertiary/aromatic N) is 2. The number of sulfonamides is 1. The van der Waals surface area contributed by atoms with Crippen molar-refractivity contribution in [3.05, 3.63) is 88.2 Å². The van der Waals surface area contributed by atoms with Gasteiger partial charge in [-0.05, 0) is 60.7 Å². The minimum Gasteiger partial charge on any atom is -0.367 e. The van der Waals surface area contributed by atoms with Crippen molar-refractivity contribution in [2.45, 2.75) is 4.90 Å². The zero-order chi connectivity index (χ0) is 23.6. The molecule has 0 atom stereocenters. The Hall–Kier alpha value is -2.65. The van der Waals surface area contributed by atoms with Crippen LogP contribution in [-0.4, -0.2) is 44.8 Å². The summed E-state index contributed by atoms with van der Waals surface area (Å²) in [7, 11) is -3.65. The average molecular weight is 508 g/mol. The van der Waals surface area contributed by atoms with Gasteiger partial charge in [-0.2, -0.15) is 4.31 Å². The van der Waals surface area contributed by atoms with Gasteiger partial charge in [0.25, 0.3) is 5.91 Å². The molecule has 1 aliphatic heterocycles. The Morgan fingerprint density at radius 3 is 2.21 bits per heavy atom. The van der Waals surface area contributed by atoms with Gasteiger partial charge in [0, 0.05) is 47.5 Å². The van der Waals surface area contributed by atoms with E-state index in [-0.39, 0.29) is 18.0 Å². The first-order valence-corrected chi connectivity index (χ1v) is 12.3. The number of amides is 1. The fourth-order valence-electron chi connectivity index (χ4n) is 3.60. The Bertz CT molecular complexity index is 1280. The van der Waals surface area contributed by atoms with E-state index in [9.17, 15) is 17.6 Å². The molecule has 172 valence electrons.